The first kappa shape index (κ1) is 6.69. The van der Waals surface area contributed by atoms with Crippen molar-refractivity contribution in [2.75, 3.05) is 0 Å². The summed E-state index contributed by atoms with van der Waals surface area (Å²) in [6, 6.07) is 0. The first-order valence-corrected chi connectivity index (χ1v) is 4.90. The lowest BCUT2D eigenvalue weighted by Gasteiger charge is -2.25. The molecular formula is C10H18. The Hall–Kier alpha value is 0. The fraction of sp³-hybridized carbons (Fsp3) is 1.00. The van der Waals surface area contributed by atoms with Crippen LogP contribution in [0.15, 0.2) is 0 Å². The Morgan fingerprint density at radius 1 is 1.20 bits per heavy atom. The Morgan fingerprint density at radius 3 is 2.40 bits per heavy atom. The van der Waals surface area contributed by atoms with E-state index in [9.17, 15) is 0 Å². The normalized spacial score (nSPS) is 39.3. The molecule has 2 saturated carbocycles. The molecule has 2 rings (SSSR count). The summed E-state index contributed by atoms with van der Waals surface area (Å²) in [7, 11) is 0. The summed E-state index contributed by atoms with van der Waals surface area (Å²) in [6.07, 6.45) is 9.21. The Morgan fingerprint density at radius 2 is 2.00 bits per heavy atom. The van der Waals surface area contributed by atoms with Crippen molar-refractivity contribution in [1.82, 2.24) is 0 Å². The van der Waals surface area contributed by atoms with Crippen LogP contribution < -0.4 is 0 Å². The van der Waals surface area contributed by atoms with E-state index >= 15 is 0 Å². The summed E-state index contributed by atoms with van der Waals surface area (Å²) in [5.74, 6) is 3.46. The monoisotopic (exact) mass is 138 g/mol. The molecule has 0 aromatic heterocycles. The van der Waals surface area contributed by atoms with Crippen LogP contribution in [0.1, 0.15) is 45.4 Å². The second kappa shape index (κ2) is 2.56. The molecular weight excluding hydrogens is 120 g/mol. The molecule has 0 N–H and O–H groups in total. The van der Waals surface area contributed by atoms with E-state index in [0.717, 1.165) is 17.8 Å². The van der Waals surface area contributed by atoms with Crippen LogP contribution in [0, 0.1) is 17.8 Å². The predicted octanol–water partition coefficient (Wildman–Crippen LogP) is 3.22. The van der Waals surface area contributed by atoms with Gasteiger partial charge in [-0.2, -0.15) is 0 Å². The molecule has 2 aliphatic carbocycles. The maximum Gasteiger partial charge on any atom is -0.0380 e. The molecule has 0 heterocycles. The van der Waals surface area contributed by atoms with E-state index < -0.39 is 0 Å². The average Bonchev–Trinajstić information content (AvgIpc) is 2.57. The Labute approximate surface area is 64.0 Å². The van der Waals surface area contributed by atoms with Gasteiger partial charge in [-0.3, -0.25) is 0 Å². The first-order chi connectivity index (χ1) is 4.90. The molecule has 2 atom stereocenters. The Balaban J connectivity index is 1.63. The molecule has 0 nitrogen and oxygen atoms in total. The van der Waals surface area contributed by atoms with Crippen molar-refractivity contribution in [3.63, 3.8) is 0 Å². The summed E-state index contributed by atoms with van der Waals surface area (Å²) in [5.41, 5.74) is 0. The van der Waals surface area contributed by atoms with Crippen LogP contribution in [-0.4, -0.2) is 0 Å². The smallest absolute Gasteiger partial charge is 0.0380 e. The molecule has 2 fully saturated rings. The molecule has 0 amide bonds. The molecule has 2 aliphatic rings. The van der Waals surface area contributed by atoms with E-state index in [-0.39, 0.29) is 0 Å². The largest absolute Gasteiger partial charge is 0.0651 e. The molecule has 0 aromatic carbocycles. The van der Waals surface area contributed by atoms with Gasteiger partial charge in [0.05, 0.1) is 0 Å². The second-order valence-corrected chi connectivity index (χ2v) is 4.20. The minimum absolute atomic E-state index is 1.14. The molecule has 0 radical (unpaired) electrons. The van der Waals surface area contributed by atoms with Gasteiger partial charge < -0.3 is 0 Å². The first-order valence-electron chi connectivity index (χ1n) is 4.90. The zero-order valence-corrected chi connectivity index (χ0v) is 6.97. The number of hydrogen-bond acceptors (Lipinski definition) is 0. The Bertz CT molecular complexity index is 113. The lowest BCUT2D eigenvalue weighted by atomic mass is 9.81. The van der Waals surface area contributed by atoms with Crippen LogP contribution in [0.3, 0.4) is 0 Å². The Kier molecular flexibility index (Phi) is 1.71. The summed E-state index contributed by atoms with van der Waals surface area (Å²) in [4.78, 5) is 0. The SMILES string of the molecule is CCC1CC1CC1CCC1. The highest BCUT2D eigenvalue weighted by molar-refractivity contribution is 4.88. The van der Waals surface area contributed by atoms with Gasteiger partial charge in [0, 0.05) is 0 Å². The molecule has 10 heavy (non-hydrogen) atoms. The molecule has 0 heteroatoms. The quantitative estimate of drug-likeness (QED) is 0.561. The van der Waals surface area contributed by atoms with Crippen molar-refractivity contribution in [3.8, 4) is 0 Å². The van der Waals surface area contributed by atoms with Gasteiger partial charge in [-0.1, -0.05) is 32.6 Å². The van der Waals surface area contributed by atoms with Crippen LogP contribution in [0.2, 0.25) is 0 Å². The standard InChI is InChI=1S/C10H18/c1-2-9-7-10(9)6-8-4-3-5-8/h8-10H,2-7H2,1H3. The van der Waals surface area contributed by atoms with Crippen molar-refractivity contribution >= 4 is 0 Å². The van der Waals surface area contributed by atoms with E-state index in [2.05, 4.69) is 6.92 Å². The van der Waals surface area contributed by atoms with Gasteiger partial charge in [-0.15, -0.1) is 0 Å². The third-order valence-corrected chi connectivity index (χ3v) is 3.45. The lowest BCUT2D eigenvalue weighted by molar-refractivity contribution is 0.277. The topological polar surface area (TPSA) is 0 Å². The maximum absolute atomic E-state index is 2.34. The molecule has 0 bridgehead atoms. The van der Waals surface area contributed by atoms with Crippen LogP contribution in [-0.2, 0) is 0 Å². The number of rotatable bonds is 3. The van der Waals surface area contributed by atoms with E-state index in [1.165, 1.54) is 12.8 Å². The fourth-order valence-corrected chi connectivity index (χ4v) is 2.26. The summed E-state index contributed by atoms with van der Waals surface area (Å²) in [6.45, 7) is 2.34. The maximum atomic E-state index is 2.34. The van der Waals surface area contributed by atoms with E-state index in [1.807, 2.05) is 0 Å². The molecule has 0 saturated heterocycles. The second-order valence-electron chi connectivity index (χ2n) is 4.20. The molecule has 0 aromatic rings. The van der Waals surface area contributed by atoms with Crippen LogP contribution in [0.4, 0.5) is 0 Å². The van der Waals surface area contributed by atoms with E-state index in [0.29, 0.717) is 0 Å². The zero-order chi connectivity index (χ0) is 6.97. The van der Waals surface area contributed by atoms with Gasteiger partial charge in [-0.25, -0.2) is 0 Å². The van der Waals surface area contributed by atoms with Crippen LogP contribution in [0.5, 0.6) is 0 Å². The highest BCUT2D eigenvalue weighted by atomic mass is 14.4. The minimum atomic E-state index is 1.14. The van der Waals surface area contributed by atoms with E-state index in [1.54, 1.807) is 25.7 Å². The molecule has 0 aliphatic heterocycles. The zero-order valence-electron chi connectivity index (χ0n) is 6.97. The number of hydrogen-bond donors (Lipinski definition) is 0. The van der Waals surface area contributed by atoms with Crippen LogP contribution in [0.25, 0.3) is 0 Å². The lowest BCUT2D eigenvalue weighted by Crippen LogP contribution is -2.11. The third kappa shape index (κ3) is 1.21. The van der Waals surface area contributed by atoms with Crippen molar-refractivity contribution in [2.45, 2.75) is 45.4 Å². The minimum Gasteiger partial charge on any atom is -0.0651 e. The molecule has 58 valence electrons. The van der Waals surface area contributed by atoms with E-state index in [4.69, 9.17) is 0 Å². The highest BCUT2D eigenvalue weighted by Crippen LogP contribution is 2.48. The highest BCUT2D eigenvalue weighted by Gasteiger charge is 2.37. The third-order valence-electron chi connectivity index (χ3n) is 3.45. The van der Waals surface area contributed by atoms with Crippen molar-refractivity contribution in [3.05, 3.63) is 0 Å². The molecule has 2 unspecified atom stereocenters. The van der Waals surface area contributed by atoms with Crippen LogP contribution >= 0.6 is 0 Å². The molecule has 0 spiro atoms. The van der Waals surface area contributed by atoms with Gasteiger partial charge in [0.1, 0.15) is 0 Å². The van der Waals surface area contributed by atoms with Gasteiger partial charge in [0.15, 0.2) is 0 Å². The van der Waals surface area contributed by atoms with Gasteiger partial charge >= 0.3 is 0 Å². The predicted molar refractivity (Wildman–Crippen MR) is 43.8 cm³/mol. The van der Waals surface area contributed by atoms with Gasteiger partial charge in [0.25, 0.3) is 0 Å². The summed E-state index contributed by atoms with van der Waals surface area (Å²) in [5, 5.41) is 0. The summed E-state index contributed by atoms with van der Waals surface area (Å²) >= 11 is 0. The van der Waals surface area contributed by atoms with Crippen molar-refractivity contribution in [1.29, 1.82) is 0 Å². The van der Waals surface area contributed by atoms with Gasteiger partial charge in [-0.05, 0) is 30.6 Å². The fourth-order valence-electron chi connectivity index (χ4n) is 2.26. The van der Waals surface area contributed by atoms with Crippen molar-refractivity contribution in [2.24, 2.45) is 17.8 Å². The van der Waals surface area contributed by atoms with Crippen molar-refractivity contribution < 1.29 is 0 Å². The summed E-state index contributed by atoms with van der Waals surface area (Å²) < 4.78 is 0. The van der Waals surface area contributed by atoms with Gasteiger partial charge in [0.2, 0.25) is 0 Å². The average molecular weight is 138 g/mol.